The molecular formula is C21H36O4S. The molecule has 4 nitrogen and oxygen atoms in total. The number of unbranched alkanes of at least 4 members (excludes halogenated alkanes) is 8. The van der Waals surface area contributed by atoms with E-state index in [1.807, 2.05) is 6.92 Å². The molecule has 0 unspecified atom stereocenters. The summed E-state index contributed by atoms with van der Waals surface area (Å²) in [5.41, 5.74) is 1.04. The first-order chi connectivity index (χ1) is 12.6. The van der Waals surface area contributed by atoms with Crippen LogP contribution >= 0.6 is 0 Å². The van der Waals surface area contributed by atoms with Crippen LogP contribution in [0.4, 0.5) is 0 Å². The Morgan fingerprint density at radius 3 is 1.81 bits per heavy atom. The third-order valence-electron chi connectivity index (χ3n) is 4.37. The van der Waals surface area contributed by atoms with Crippen LogP contribution in [0.1, 0.15) is 76.7 Å². The summed E-state index contributed by atoms with van der Waals surface area (Å²) in [6, 6.07) is 6.76. The van der Waals surface area contributed by atoms with E-state index in [0.29, 0.717) is 0 Å². The van der Waals surface area contributed by atoms with Gasteiger partial charge in [0, 0.05) is 13.2 Å². The van der Waals surface area contributed by atoms with Gasteiger partial charge in [0.2, 0.25) is 0 Å². The van der Waals surface area contributed by atoms with Crippen LogP contribution in [0.2, 0.25) is 0 Å². The molecule has 1 aromatic carbocycles. The molecule has 1 aromatic rings. The summed E-state index contributed by atoms with van der Waals surface area (Å²) in [4.78, 5) is 0.238. The predicted octanol–water partition coefficient (Wildman–Crippen LogP) is 5.64. The fourth-order valence-corrected chi connectivity index (χ4v) is 3.60. The summed E-state index contributed by atoms with van der Waals surface area (Å²) in [5, 5.41) is 0. The predicted molar refractivity (Wildman–Crippen MR) is 107 cm³/mol. The van der Waals surface area contributed by atoms with Crippen LogP contribution < -0.4 is 0 Å². The molecule has 0 N–H and O–H groups in total. The Hall–Kier alpha value is -0.910. The van der Waals surface area contributed by atoms with E-state index in [0.717, 1.165) is 50.9 Å². The minimum absolute atomic E-state index is 0.238. The Bertz CT molecular complexity index is 552. The van der Waals surface area contributed by atoms with E-state index in [-0.39, 0.29) is 11.5 Å². The fourth-order valence-electron chi connectivity index (χ4n) is 2.66. The maximum Gasteiger partial charge on any atom is 0.296 e. The first kappa shape index (κ1) is 23.1. The SMILES string of the molecule is CCCCOCCCCCCCCCCOS(=O)(=O)c1ccc(C)cc1. The van der Waals surface area contributed by atoms with Crippen LogP contribution in [0.15, 0.2) is 29.2 Å². The van der Waals surface area contributed by atoms with Crippen molar-refractivity contribution in [1.29, 1.82) is 0 Å². The molecule has 0 saturated heterocycles. The molecule has 0 radical (unpaired) electrons. The largest absolute Gasteiger partial charge is 0.381 e. The first-order valence-corrected chi connectivity index (χ1v) is 11.5. The number of hydrogen-bond acceptors (Lipinski definition) is 4. The van der Waals surface area contributed by atoms with Crippen molar-refractivity contribution >= 4 is 10.1 Å². The first-order valence-electron chi connectivity index (χ1n) is 10.1. The number of ether oxygens (including phenoxy) is 1. The van der Waals surface area contributed by atoms with Crippen molar-refractivity contribution < 1.29 is 17.3 Å². The minimum atomic E-state index is -3.61. The molecule has 0 aromatic heterocycles. The van der Waals surface area contributed by atoms with Gasteiger partial charge in [-0.25, -0.2) is 0 Å². The van der Waals surface area contributed by atoms with Gasteiger partial charge in [-0.1, -0.05) is 69.6 Å². The van der Waals surface area contributed by atoms with Gasteiger partial charge in [-0.05, 0) is 38.3 Å². The number of benzene rings is 1. The van der Waals surface area contributed by atoms with Crippen molar-refractivity contribution in [3.05, 3.63) is 29.8 Å². The Kier molecular flexibility index (Phi) is 12.6. The molecule has 1 rings (SSSR count). The molecular weight excluding hydrogens is 348 g/mol. The highest BCUT2D eigenvalue weighted by molar-refractivity contribution is 7.86. The van der Waals surface area contributed by atoms with E-state index in [9.17, 15) is 8.42 Å². The molecule has 0 heterocycles. The van der Waals surface area contributed by atoms with Crippen molar-refractivity contribution in [3.8, 4) is 0 Å². The minimum Gasteiger partial charge on any atom is -0.381 e. The molecule has 0 aliphatic rings. The van der Waals surface area contributed by atoms with E-state index in [4.69, 9.17) is 8.92 Å². The van der Waals surface area contributed by atoms with Crippen molar-refractivity contribution in [2.75, 3.05) is 19.8 Å². The molecule has 5 heteroatoms. The highest BCUT2D eigenvalue weighted by Gasteiger charge is 2.14. The highest BCUT2D eigenvalue weighted by atomic mass is 32.2. The highest BCUT2D eigenvalue weighted by Crippen LogP contribution is 2.14. The van der Waals surface area contributed by atoms with Crippen LogP contribution in [-0.4, -0.2) is 28.2 Å². The average Bonchev–Trinajstić information content (AvgIpc) is 2.62. The summed E-state index contributed by atoms with van der Waals surface area (Å²) < 4.78 is 34.7. The van der Waals surface area contributed by atoms with Crippen LogP contribution in [0, 0.1) is 6.92 Å². The lowest BCUT2D eigenvalue weighted by Crippen LogP contribution is -2.07. The molecule has 150 valence electrons. The van der Waals surface area contributed by atoms with E-state index < -0.39 is 10.1 Å². The lowest BCUT2D eigenvalue weighted by atomic mass is 10.1. The van der Waals surface area contributed by atoms with E-state index in [1.165, 1.54) is 32.1 Å². The molecule has 0 amide bonds. The number of rotatable bonds is 16. The summed E-state index contributed by atoms with van der Waals surface area (Å²) in [5.74, 6) is 0. The molecule has 0 atom stereocenters. The van der Waals surface area contributed by atoms with Gasteiger partial charge in [0.1, 0.15) is 0 Å². The van der Waals surface area contributed by atoms with Gasteiger partial charge >= 0.3 is 0 Å². The van der Waals surface area contributed by atoms with Crippen molar-refractivity contribution in [1.82, 2.24) is 0 Å². The Morgan fingerprint density at radius 2 is 1.23 bits per heavy atom. The topological polar surface area (TPSA) is 52.6 Å². The van der Waals surface area contributed by atoms with Gasteiger partial charge in [0.25, 0.3) is 10.1 Å². The Labute approximate surface area is 160 Å². The van der Waals surface area contributed by atoms with E-state index in [2.05, 4.69) is 6.92 Å². The second-order valence-electron chi connectivity index (χ2n) is 6.88. The van der Waals surface area contributed by atoms with Crippen LogP contribution in [-0.2, 0) is 19.0 Å². The zero-order valence-electron chi connectivity index (χ0n) is 16.5. The van der Waals surface area contributed by atoms with Crippen LogP contribution in [0.5, 0.6) is 0 Å². The normalized spacial score (nSPS) is 11.8. The summed E-state index contributed by atoms with van der Waals surface area (Å²) in [6.45, 7) is 6.17. The summed E-state index contributed by atoms with van der Waals surface area (Å²) >= 11 is 0. The maximum atomic E-state index is 12.0. The monoisotopic (exact) mass is 384 g/mol. The van der Waals surface area contributed by atoms with Gasteiger partial charge in [0.15, 0.2) is 0 Å². The molecule has 0 bridgehead atoms. The maximum absolute atomic E-state index is 12.0. The fraction of sp³-hybridized carbons (Fsp3) is 0.714. The van der Waals surface area contributed by atoms with Gasteiger partial charge in [-0.3, -0.25) is 4.18 Å². The second-order valence-corrected chi connectivity index (χ2v) is 8.50. The third-order valence-corrected chi connectivity index (χ3v) is 5.70. The lowest BCUT2D eigenvalue weighted by Gasteiger charge is -2.06. The van der Waals surface area contributed by atoms with Crippen molar-refractivity contribution in [2.45, 2.75) is 83.0 Å². The van der Waals surface area contributed by atoms with Gasteiger partial charge < -0.3 is 4.74 Å². The molecule has 0 aliphatic carbocycles. The third kappa shape index (κ3) is 10.9. The van der Waals surface area contributed by atoms with E-state index in [1.54, 1.807) is 24.3 Å². The quantitative estimate of drug-likeness (QED) is 0.273. The lowest BCUT2D eigenvalue weighted by molar-refractivity contribution is 0.127. The molecule has 26 heavy (non-hydrogen) atoms. The van der Waals surface area contributed by atoms with Crippen LogP contribution in [0.3, 0.4) is 0 Å². The van der Waals surface area contributed by atoms with Gasteiger partial charge in [-0.2, -0.15) is 8.42 Å². The van der Waals surface area contributed by atoms with Crippen molar-refractivity contribution in [3.63, 3.8) is 0 Å². The van der Waals surface area contributed by atoms with E-state index >= 15 is 0 Å². The number of aryl methyl sites for hydroxylation is 1. The Balaban J connectivity index is 1.94. The van der Waals surface area contributed by atoms with Gasteiger partial charge in [0.05, 0.1) is 11.5 Å². The summed E-state index contributed by atoms with van der Waals surface area (Å²) in [6.07, 6.45) is 11.4. The second kappa shape index (κ2) is 14.2. The smallest absolute Gasteiger partial charge is 0.296 e. The Morgan fingerprint density at radius 1 is 0.731 bits per heavy atom. The van der Waals surface area contributed by atoms with Crippen LogP contribution in [0.25, 0.3) is 0 Å². The molecule has 0 fully saturated rings. The number of hydrogen-bond donors (Lipinski definition) is 0. The molecule has 0 spiro atoms. The molecule has 0 aliphatic heterocycles. The van der Waals surface area contributed by atoms with Crippen molar-refractivity contribution in [2.24, 2.45) is 0 Å². The zero-order valence-corrected chi connectivity index (χ0v) is 17.4. The molecule has 0 saturated carbocycles. The zero-order chi connectivity index (χ0) is 19.1. The summed E-state index contributed by atoms with van der Waals surface area (Å²) in [7, 11) is -3.61. The average molecular weight is 385 g/mol. The standard InChI is InChI=1S/C21H36O4S/c1-3-4-17-24-18-11-9-7-5-6-8-10-12-19-25-26(22,23)21-15-13-20(2)14-16-21/h13-16H,3-12,17-19H2,1-2H3. The van der Waals surface area contributed by atoms with Gasteiger partial charge in [-0.15, -0.1) is 0 Å².